The number of rotatable bonds is 14. The molecule has 11 fully saturated rings. The van der Waals surface area contributed by atoms with Crippen molar-refractivity contribution in [3.8, 4) is 0 Å². The predicted molar refractivity (Wildman–Crippen MR) is 281 cm³/mol. The van der Waals surface area contributed by atoms with Gasteiger partial charge in [0.15, 0.2) is 37.2 Å². The number of aliphatic hydroxyl groups excluding tert-OH is 16. The first-order chi connectivity index (χ1) is 40.3. The summed E-state index contributed by atoms with van der Waals surface area (Å²) in [5.74, 6) is 1.74. The van der Waals surface area contributed by atoms with E-state index in [4.69, 9.17) is 56.8 Å². The monoisotopic (exact) mass is 1230 g/mol. The minimum absolute atomic E-state index is 0.0494. The highest BCUT2D eigenvalue weighted by molar-refractivity contribution is 5.16. The van der Waals surface area contributed by atoms with Crippen LogP contribution >= 0.6 is 0 Å². The van der Waals surface area contributed by atoms with E-state index in [1.165, 1.54) is 6.92 Å². The van der Waals surface area contributed by atoms with E-state index in [9.17, 15) is 81.7 Å². The van der Waals surface area contributed by atoms with Crippen LogP contribution in [0, 0.1) is 52.3 Å². The van der Waals surface area contributed by atoms with Gasteiger partial charge in [-0.1, -0.05) is 27.7 Å². The average Bonchev–Trinajstić information content (AvgIpc) is 1.64. The fourth-order valence-electron chi connectivity index (χ4n) is 17.6. The third-order valence-corrected chi connectivity index (χ3v) is 22.5. The smallest absolute Gasteiger partial charge is 0.187 e. The van der Waals surface area contributed by atoms with Crippen LogP contribution in [0.4, 0.5) is 0 Å². The molecule has 2 unspecified atom stereocenters. The first kappa shape index (κ1) is 65.4. The molecule has 28 nitrogen and oxygen atoms in total. The highest BCUT2D eigenvalue weighted by Gasteiger charge is 2.70. The van der Waals surface area contributed by atoms with E-state index in [1.807, 2.05) is 0 Å². The Morgan fingerprint density at radius 1 is 0.447 bits per heavy atom. The van der Waals surface area contributed by atoms with Crippen LogP contribution in [0.25, 0.3) is 0 Å². The van der Waals surface area contributed by atoms with Gasteiger partial charge in [-0.15, -0.1) is 0 Å². The molecule has 11 aliphatic rings. The number of fused-ring (bicyclic) bond motifs is 7. The van der Waals surface area contributed by atoms with Gasteiger partial charge >= 0.3 is 0 Å². The quantitative estimate of drug-likeness (QED) is 0.0724. The van der Waals surface area contributed by atoms with Gasteiger partial charge in [-0.25, -0.2) is 0 Å². The first-order valence-corrected chi connectivity index (χ1v) is 30.8. The Balaban J connectivity index is 0.829. The zero-order valence-electron chi connectivity index (χ0n) is 48.7. The van der Waals surface area contributed by atoms with Gasteiger partial charge in [0.05, 0.1) is 57.5 Å². The minimum atomic E-state index is -2.12. The van der Waals surface area contributed by atoms with Crippen molar-refractivity contribution in [3.63, 3.8) is 0 Å². The predicted octanol–water partition coefficient (Wildman–Crippen LogP) is -5.09. The van der Waals surface area contributed by atoms with Crippen LogP contribution in [0.5, 0.6) is 0 Å². The Bertz CT molecular complexity index is 2220. The van der Waals surface area contributed by atoms with E-state index in [0.717, 1.165) is 44.9 Å². The molecule has 11 rings (SSSR count). The average molecular weight is 1230 g/mol. The van der Waals surface area contributed by atoms with Crippen molar-refractivity contribution >= 4 is 0 Å². The molecule has 0 amide bonds. The maximum atomic E-state index is 12.6. The van der Waals surface area contributed by atoms with E-state index >= 15 is 0 Å². The molecular weight excluding hydrogens is 1130 g/mol. The van der Waals surface area contributed by atoms with E-state index in [0.29, 0.717) is 43.1 Å². The molecule has 0 aromatic rings. The Morgan fingerprint density at radius 2 is 0.988 bits per heavy atom. The van der Waals surface area contributed by atoms with Crippen LogP contribution in [0.2, 0.25) is 0 Å². The second kappa shape index (κ2) is 25.4. The SMILES string of the molecule is CC1C2[C@H](C[C@H]3[C@@H]4CC[C@H]5C[C@@H](O[C@@H]6O[C@H](CO)[C@H](O[C@@H]7O[C@H](CO)[C@@H](O[C@@H]8O[C@@H](C)[C@H](O)[C@@H](O)[C@H]8O)[C@H](O)[C@H]7O)[C@H](O)[C@H]6O[C@@H]6O[C@H](CO)[C@@H](O)[C@@H](O[C@@H]7O[C@H](CO)[C@@H](O)[C@H](O)[C@H]7O)[C@H]6O)[C@H](O)C[C@]5(C)[C@H]4CC[C@]23C)O[C@]12CC[C@@H](C)CO2. The fourth-order valence-corrected chi connectivity index (χ4v) is 17.6. The maximum Gasteiger partial charge on any atom is 0.187 e. The lowest BCUT2D eigenvalue weighted by atomic mass is 9.44. The Morgan fingerprint density at radius 3 is 1.61 bits per heavy atom. The fraction of sp³-hybridized carbons (Fsp3) is 1.00. The van der Waals surface area contributed by atoms with Gasteiger partial charge in [-0.2, -0.15) is 0 Å². The lowest BCUT2D eigenvalue weighted by Crippen LogP contribution is -2.68. The molecule has 16 N–H and O–H groups in total. The summed E-state index contributed by atoms with van der Waals surface area (Å²) in [7, 11) is 0. The molecule has 85 heavy (non-hydrogen) atoms. The van der Waals surface area contributed by atoms with E-state index in [2.05, 4.69) is 27.7 Å². The third-order valence-electron chi connectivity index (χ3n) is 22.5. The minimum Gasteiger partial charge on any atom is -0.394 e. The van der Waals surface area contributed by atoms with Crippen molar-refractivity contribution in [1.29, 1.82) is 0 Å². The Kier molecular flexibility index (Phi) is 19.5. The number of hydrogen-bond donors (Lipinski definition) is 16. The molecular formula is C57H94O28. The van der Waals surface area contributed by atoms with Crippen molar-refractivity contribution < 1.29 is 139 Å². The molecule has 4 aliphatic carbocycles. The Labute approximate surface area is 492 Å². The Hall–Kier alpha value is -1.12. The van der Waals surface area contributed by atoms with Crippen LogP contribution in [0.3, 0.4) is 0 Å². The van der Waals surface area contributed by atoms with Gasteiger partial charge in [-0.3, -0.25) is 0 Å². The van der Waals surface area contributed by atoms with Crippen LogP contribution < -0.4 is 0 Å². The summed E-state index contributed by atoms with van der Waals surface area (Å²) in [6, 6.07) is 0. The molecule has 0 aromatic heterocycles. The molecule has 38 atom stereocenters. The molecule has 490 valence electrons. The molecule has 0 radical (unpaired) electrons. The summed E-state index contributed by atoms with van der Waals surface area (Å²) in [6.45, 7) is 7.75. The van der Waals surface area contributed by atoms with Crippen molar-refractivity contribution in [3.05, 3.63) is 0 Å². The van der Waals surface area contributed by atoms with Gasteiger partial charge in [0, 0.05) is 12.3 Å². The zero-order chi connectivity index (χ0) is 61.1. The van der Waals surface area contributed by atoms with Crippen molar-refractivity contribution in [2.45, 2.75) is 270 Å². The van der Waals surface area contributed by atoms with Gasteiger partial charge in [0.2, 0.25) is 0 Å². The van der Waals surface area contributed by atoms with Crippen LogP contribution in [0.15, 0.2) is 0 Å². The molecule has 7 aliphatic heterocycles. The number of ether oxygens (including phenoxy) is 12. The summed E-state index contributed by atoms with van der Waals surface area (Å²) in [5, 5.41) is 176. The van der Waals surface area contributed by atoms with Gasteiger partial charge in [0.1, 0.15) is 116 Å². The topological polar surface area (TPSA) is 434 Å². The molecule has 4 saturated carbocycles. The lowest BCUT2D eigenvalue weighted by Gasteiger charge is -2.62. The number of aliphatic hydroxyl groups is 16. The van der Waals surface area contributed by atoms with Gasteiger partial charge in [-0.05, 0) is 105 Å². The molecule has 28 heteroatoms. The number of hydrogen-bond acceptors (Lipinski definition) is 28. The summed E-state index contributed by atoms with van der Waals surface area (Å²) < 4.78 is 73.5. The summed E-state index contributed by atoms with van der Waals surface area (Å²) in [5.41, 5.74) is -0.251. The highest BCUT2D eigenvalue weighted by Crippen LogP contribution is 2.71. The molecule has 0 aromatic carbocycles. The second-order valence-corrected chi connectivity index (χ2v) is 27.3. The van der Waals surface area contributed by atoms with Crippen molar-refractivity contribution in [2.75, 3.05) is 33.0 Å². The van der Waals surface area contributed by atoms with E-state index < -0.39 is 198 Å². The molecule has 7 heterocycles. The van der Waals surface area contributed by atoms with Gasteiger partial charge < -0.3 is 139 Å². The summed E-state index contributed by atoms with van der Waals surface area (Å²) >= 11 is 0. The standard InChI is InChI=1S/C57H94O28/c1-20-8-11-57(74-19-20)21(2)34-29(85-57)13-26-24-7-6-23-12-28(27(62)14-56(23,5)25(24)9-10-55(26,34)4)76-54-49(84-53-45(73)48(37(65)31(16-59)78-53)83-51-42(70)39(67)36(64)30(15-58)77-51)44(72)47(33(18-61)80-54)82-52-43(71)40(68)46(32(17-60)79-52)81-50-41(69)38(66)35(63)22(3)75-50/h20-54,58-73H,6-19H2,1-5H3/t20-,21?,22+,23+,24-,25+,26+,27-,28-,29+,30-,31-,32-,33-,34?,35+,36-,37-,38-,39+,40-,41-,42-,43-,44+,45-,46-,47+,48-,49-,50+,51+,52+,53+,54-,55+,56+,57-/m1/s1. The van der Waals surface area contributed by atoms with Crippen molar-refractivity contribution in [1.82, 2.24) is 0 Å². The second-order valence-electron chi connectivity index (χ2n) is 27.3. The van der Waals surface area contributed by atoms with E-state index in [-0.39, 0.29) is 34.7 Å². The van der Waals surface area contributed by atoms with E-state index in [1.54, 1.807) is 0 Å². The first-order valence-electron chi connectivity index (χ1n) is 30.8. The largest absolute Gasteiger partial charge is 0.394 e. The van der Waals surface area contributed by atoms with Gasteiger partial charge in [0.25, 0.3) is 0 Å². The normalized spacial score (nSPS) is 58.1. The summed E-state index contributed by atoms with van der Waals surface area (Å²) in [4.78, 5) is 0. The summed E-state index contributed by atoms with van der Waals surface area (Å²) in [6.07, 6.45) is -39.6. The zero-order valence-corrected chi connectivity index (χ0v) is 48.7. The lowest BCUT2D eigenvalue weighted by molar-refractivity contribution is -0.404. The third kappa shape index (κ3) is 11.4. The molecule has 7 saturated heterocycles. The van der Waals surface area contributed by atoms with Crippen LogP contribution in [0.1, 0.15) is 92.4 Å². The van der Waals surface area contributed by atoms with Crippen LogP contribution in [-0.4, -0.2) is 292 Å². The molecule has 1 spiro atoms. The van der Waals surface area contributed by atoms with Crippen LogP contribution in [-0.2, 0) is 56.8 Å². The molecule has 0 bridgehead atoms. The maximum absolute atomic E-state index is 12.6. The van der Waals surface area contributed by atoms with Crippen molar-refractivity contribution in [2.24, 2.45) is 52.3 Å². The highest BCUT2D eigenvalue weighted by atomic mass is 16.8.